The highest BCUT2D eigenvalue weighted by Crippen LogP contribution is 2.33. The minimum Gasteiger partial charge on any atom is -0.438 e. The molecule has 0 amide bonds. The number of ether oxygens (including phenoxy) is 1. The fourth-order valence-corrected chi connectivity index (χ4v) is 5.24. The van der Waals surface area contributed by atoms with Crippen LogP contribution in [-0.2, 0) is 19.5 Å². The van der Waals surface area contributed by atoms with Gasteiger partial charge in [0.1, 0.15) is 11.6 Å². The van der Waals surface area contributed by atoms with Crippen LogP contribution in [0.5, 0.6) is 11.6 Å². The molecule has 1 fully saturated rings. The molecule has 0 unspecified atom stereocenters. The summed E-state index contributed by atoms with van der Waals surface area (Å²) in [5.74, 6) is 1.46. The van der Waals surface area contributed by atoms with Crippen LogP contribution < -0.4 is 9.64 Å². The summed E-state index contributed by atoms with van der Waals surface area (Å²) in [5.41, 5.74) is 3.41. The standard InChI is InChI=1S/C24H27FN4OS/c1-17-9-13-31-22(17)16-28-12-8-21-20(15-28)23(30-19-7-5-6-18(25)14-19)27-24(26-21)29-10-3-2-4-11-29/h5-7,9,13-14H,2-4,8,10-12,15-16H2,1H3. The molecule has 4 heterocycles. The van der Waals surface area contributed by atoms with Crippen molar-refractivity contribution in [3.63, 3.8) is 0 Å². The van der Waals surface area contributed by atoms with Crippen LogP contribution in [0.3, 0.4) is 0 Å². The van der Waals surface area contributed by atoms with Crippen molar-refractivity contribution in [1.82, 2.24) is 14.9 Å². The Morgan fingerprint density at radius 3 is 2.74 bits per heavy atom. The molecule has 0 saturated carbocycles. The zero-order chi connectivity index (χ0) is 21.2. The predicted molar refractivity (Wildman–Crippen MR) is 121 cm³/mol. The minimum atomic E-state index is -0.313. The first-order chi connectivity index (χ1) is 15.2. The number of aryl methyl sites for hydroxylation is 1. The molecular formula is C24H27FN4OS. The van der Waals surface area contributed by atoms with Crippen molar-refractivity contribution < 1.29 is 9.13 Å². The monoisotopic (exact) mass is 438 g/mol. The van der Waals surface area contributed by atoms with Gasteiger partial charge in [-0.2, -0.15) is 4.98 Å². The molecule has 0 atom stereocenters. The fourth-order valence-electron chi connectivity index (χ4n) is 4.29. The van der Waals surface area contributed by atoms with Crippen LogP contribution in [0.1, 0.15) is 41.0 Å². The molecule has 3 aromatic rings. The lowest BCUT2D eigenvalue weighted by molar-refractivity contribution is 0.240. The lowest BCUT2D eigenvalue weighted by Crippen LogP contribution is -2.34. The van der Waals surface area contributed by atoms with Crippen molar-refractivity contribution in [2.45, 2.75) is 45.7 Å². The number of anilines is 1. The van der Waals surface area contributed by atoms with Gasteiger partial charge in [-0.15, -0.1) is 11.3 Å². The Balaban J connectivity index is 1.46. The molecule has 1 aromatic carbocycles. The molecule has 0 aliphatic carbocycles. The van der Waals surface area contributed by atoms with Gasteiger partial charge in [-0.05, 0) is 55.3 Å². The quantitative estimate of drug-likeness (QED) is 0.539. The van der Waals surface area contributed by atoms with Gasteiger partial charge in [0, 0.05) is 50.1 Å². The van der Waals surface area contributed by atoms with E-state index in [4.69, 9.17) is 14.7 Å². The van der Waals surface area contributed by atoms with Crippen molar-refractivity contribution in [2.24, 2.45) is 0 Å². The first-order valence-corrected chi connectivity index (χ1v) is 11.9. The summed E-state index contributed by atoms with van der Waals surface area (Å²) in [6, 6.07) is 8.44. The number of rotatable bonds is 5. The highest BCUT2D eigenvalue weighted by atomic mass is 32.1. The molecule has 31 heavy (non-hydrogen) atoms. The summed E-state index contributed by atoms with van der Waals surface area (Å²) < 4.78 is 19.9. The molecule has 0 bridgehead atoms. The molecule has 1 saturated heterocycles. The molecule has 2 aliphatic heterocycles. The van der Waals surface area contributed by atoms with E-state index < -0.39 is 0 Å². The van der Waals surface area contributed by atoms with E-state index >= 15 is 0 Å². The molecule has 5 rings (SSSR count). The number of hydrogen-bond acceptors (Lipinski definition) is 6. The van der Waals surface area contributed by atoms with Crippen LogP contribution in [0.4, 0.5) is 10.3 Å². The summed E-state index contributed by atoms with van der Waals surface area (Å²) in [6.07, 6.45) is 4.44. The minimum absolute atomic E-state index is 0.313. The van der Waals surface area contributed by atoms with Gasteiger partial charge in [0.2, 0.25) is 11.8 Å². The summed E-state index contributed by atoms with van der Waals surface area (Å²) >= 11 is 1.80. The van der Waals surface area contributed by atoms with E-state index in [1.807, 2.05) is 0 Å². The molecule has 0 radical (unpaired) electrons. The van der Waals surface area contributed by atoms with Gasteiger partial charge in [0.25, 0.3) is 0 Å². The van der Waals surface area contributed by atoms with E-state index in [0.717, 1.165) is 69.2 Å². The zero-order valence-electron chi connectivity index (χ0n) is 17.8. The van der Waals surface area contributed by atoms with E-state index in [1.165, 1.54) is 29.0 Å². The Bertz CT molecular complexity index is 1060. The normalized spacial score (nSPS) is 16.9. The lowest BCUT2D eigenvalue weighted by atomic mass is 10.1. The predicted octanol–water partition coefficient (Wildman–Crippen LogP) is 5.33. The van der Waals surface area contributed by atoms with Crippen molar-refractivity contribution in [3.05, 3.63) is 63.2 Å². The number of thiophene rings is 1. The smallest absolute Gasteiger partial charge is 0.228 e. The summed E-state index contributed by atoms with van der Waals surface area (Å²) in [7, 11) is 0. The van der Waals surface area contributed by atoms with Crippen LogP contribution in [0.25, 0.3) is 0 Å². The maximum absolute atomic E-state index is 13.8. The molecule has 7 heteroatoms. The Morgan fingerprint density at radius 2 is 1.97 bits per heavy atom. The highest BCUT2D eigenvalue weighted by Gasteiger charge is 2.26. The van der Waals surface area contributed by atoms with Crippen LogP contribution in [0.2, 0.25) is 0 Å². The lowest BCUT2D eigenvalue weighted by Gasteiger charge is -2.31. The SMILES string of the molecule is Cc1ccsc1CN1CCc2nc(N3CCCCC3)nc(Oc3cccc(F)c3)c2C1. The van der Waals surface area contributed by atoms with Crippen LogP contribution in [0.15, 0.2) is 35.7 Å². The first-order valence-electron chi connectivity index (χ1n) is 11.0. The largest absolute Gasteiger partial charge is 0.438 e. The average Bonchev–Trinajstić information content (AvgIpc) is 3.19. The van der Waals surface area contributed by atoms with Gasteiger partial charge in [-0.1, -0.05) is 6.07 Å². The van der Waals surface area contributed by atoms with Gasteiger partial charge < -0.3 is 9.64 Å². The number of nitrogens with zero attached hydrogens (tertiary/aromatic N) is 4. The number of benzene rings is 1. The third-order valence-electron chi connectivity index (χ3n) is 6.07. The summed E-state index contributed by atoms with van der Waals surface area (Å²) in [5, 5.41) is 2.15. The Labute approximate surface area is 186 Å². The van der Waals surface area contributed by atoms with E-state index in [9.17, 15) is 4.39 Å². The maximum Gasteiger partial charge on any atom is 0.228 e. The number of fused-ring (bicyclic) bond motifs is 1. The molecule has 0 N–H and O–H groups in total. The Hall–Kier alpha value is -2.51. The van der Waals surface area contributed by atoms with E-state index in [-0.39, 0.29) is 5.82 Å². The maximum atomic E-state index is 13.8. The molecule has 5 nitrogen and oxygen atoms in total. The van der Waals surface area contributed by atoms with Crippen LogP contribution in [-0.4, -0.2) is 34.5 Å². The number of hydrogen-bond donors (Lipinski definition) is 0. The first kappa shape index (κ1) is 20.4. The Kier molecular flexibility index (Phi) is 5.87. The van der Waals surface area contributed by atoms with Gasteiger partial charge in [-0.25, -0.2) is 9.37 Å². The second kappa shape index (κ2) is 8.93. The van der Waals surface area contributed by atoms with Crippen molar-refractivity contribution in [3.8, 4) is 11.6 Å². The van der Waals surface area contributed by atoms with Gasteiger partial charge >= 0.3 is 0 Å². The topological polar surface area (TPSA) is 41.5 Å². The number of piperidine rings is 1. The third-order valence-corrected chi connectivity index (χ3v) is 7.08. The average molecular weight is 439 g/mol. The van der Waals surface area contributed by atoms with Crippen LogP contribution in [0, 0.1) is 12.7 Å². The van der Waals surface area contributed by atoms with Crippen LogP contribution >= 0.6 is 11.3 Å². The highest BCUT2D eigenvalue weighted by molar-refractivity contribution is 7.10. The third kappa shape index (κ3) is 4.57. The molecule has 2 aliphatic rings. The number of aromatic nitrogens is 2. The van der Waals surface area contributed by atoms with Crippen molar-refractivity contribution in [1.29, 1.82) is 0 Å². The van der Waals surface area contributed by atoms with Crippen molar-refractivity contribution >= 4 is 17.3 Å². The summed E-state index contributed by atoms with van der Waals surface area (Å²) in [6.45, 7) is 6.72. The molecule has 2 aromatic heterocycles. The van der Waals surface area contributed by atoms with Gasteiger partial charge in [0.15, 0.2) is 0 Å². The van der Waals surface area contributed by atoms with Gasteiger partial charge in [-0.3, -0.25) is 4.90 Å². The Morgan fingerprint density at radius 1 is 1.10 bits per heavy atom. The second-order valence-electron chi connectivity index (χ2n) is 8.35. The van der Waals surface area contributed by atoms with E-state index in [0.29, 0.717) is 11.6 Å². The second-order valence-corrected chi connectivity index (χ2v) is 9.35. The van der Waals surface area contributed by atoms with E-state index in [2.05, 4.69) is 28.2 Å². The fraction of sp³-hybridized carbons (Fsp3) is 0.417. The number of halogens is 1. The molecule has 162 valence electrons. The summed E-state index contributed by atoms with van der Waals surface area (Å²) in [4.78, 5) is 15.8. The molecular weight excluding hydrogens is 411 g/mol. The van der Waals surface area contributed by atoms with Crippen molar-refractivity contribution in [2.75, 3.05) is 24.5 Å². The molecule has 0 spiro atoms. The zero-order valence-corrected chi connectivity index (χ0v) is 18.6. The van der Waals surface area contributed by atoms with E-state index in [1.54, 1.807) is 23.5 Å². The van der Waals surface area contributed by atoms with Gasteiger partial charge in [0.05, 0.1) is 11.3 Å².